The Balaban J connectivity index is 1.69. The Morgan fingerprint density at radius 2 is 1.04 bits per heavy atom. The summed E-state index contributed by atoms with van der Waals surface area (Å²) in [5, 5.41) is 1.56. The smallest absolute Gasteiger partial charge is 0.411 e. The number of fused-ring (bicyclic) bond motifs is 2. The van der Waals surface area contributed by atoms with Gasteiger partial charge in [0.1, 0.15) is 28.3 Å². The van der Waals surface area contributed by atoms with Crippen LogP contribution in [0.4, 0.5) is 4.79 Å². The molecular formula is C45H45Cl2NO6. The van der Waals surface area contributed by atoms with Crippen LogP contribution in [0.15, 0.2) is 115 Å². The van der Waals surface area contributed by atoms with Crippen LogP contribution < -0.4 is 10.9 Å². The Labute approximate surface area is 325 Å². The van der Waals surface area contributed by atoms with Crippen molar-refractivity contribution in [3.05, 3.63) is 161 Å². The van der Waals surface area contributed by atoms with Crippen molar-refractivity contribution in [1.29, 1.82) is 0 Å². The molecular weight excluding hydrogens is 721 g/mol. The first kappa shape index (κ1) is 38.9. The zero-order chi connectivity index (χ0) is 38.9. The molecule has 2 atom stereocenters. The quantitative estimate of drug-likeness (QED) is 0.138. The number of halogens is 2. The molecule has 2 aromatic heterocycles. The SMILES string of the molecule is CC(C)C(c1oc2cc(Cl)ccc2c(=O)c1Cc1ccccc1)N(C(=O)OC(C)(C)C)C(c1oc2cc(Cl)ccc2c(=O)c1Cc1ccccc1)C(C)C. The van der Waals surface area contributed by atoms with Crippen molar-refractivity contribution in [3.8, 4) is 0 Å². The molecule has 0 spiro atoms. The van der Waals surface area contributed by atoms with E-state index in [0.717, 1.165) is 11.1 Å². The predicted octanol–water partition coefficient (Wildman–Crippen LogP) is 11.7. The first-order chi connectivity index (χ1) is 25.6. The maximum absolute atomic E-state index is 15.0. The Hall–Kier alpha value is -4.85. The lowest BCUT2D eigenvalue weighted by atomic mass is 9.87. The fourth-order valence-corrected chi connectivity index (χ4v) is 7.40. The molecule has 9 heteroatoms. The van der Waals surface area contributed by atoms with Crippen molar-refractivity contribution in [1.82, 2.24) is 4.90 Å². The van der Waals surface area contributed by atoms with Gasteiger partial charge < -0.3 is 13.6 Å². The molecule has 6 aromatic rings. The molecule has 0 aliphatic heterocycles. The van der Waals surface area contributed by atoms with Gasteiger partial charge in [-0.15, -0.1) is 0 Å². The lowest BCUT2D eigenvalue weighted by molar-refractivity contribution is -0.0166. The summed E-state index contributed by atoms with van der Waals surface area (Å²) in [6.07, 6.45) is -0.159. The first-order valence-corrected chi connectivity index (χ1v) is 19.0. The Kier molecular flexibility index (Phi) is 11.4. The van der Waals surface area contributed by atoms with E-state index in [2.05, 4.69) is 0 Å². The predicted molar refractivity (Wildman–Crippen MR) is 217 cm³/mol. The third-order valence-corrected chi connectivity index (χ3v) is 9.88. The number of rotatable bonds is 10. The van der Waals surface area contributed by atoms with Gasteiger partial charge >= 0.3 is 6.09 Å². The van der Waals surface area contributed by atoms with Crippen molar-refractivity contribution < 1.29 is 18.4 Å². The van der Waals surface area contributed by atoms with Crippen LogP contribution in [0.1, 0.15) is 94.3 Å². The number of carbonyl (C=O) groups excluding carboxylic acids is 1. The molecule has 54 heavy (non-hydrogen) atoms. The highest BCUT2D eigenvalue weighted by atomic mass is 35.5. The van der Waals surface area contributed by atoms with E-state index in [1.54, 1.807) is 62.1 Å². The zero-order valence-electron chi connectivity index (χ0n) is 31.6. The van der Waals surface area contributed by atoms with Crippen molar-refractivity contribution in [2.45, 2.75) is 79.0 Å². The number of nitrogens with zero attached hydrogens (tertiary/aromatic N) is 1. The van der Waals surface area contributed by atoms with Gasteiger partial charge in [-0.1, -0.05) is 112 Å². The van der Waals surface area contributed by atoms with Gasteiger partial charge in [-0.2, -0.15) is 0 Å². The van der Waals surface area contributed by atoms with Gasteiger partial charge in [0.05, 0.1) is 22.9 Å². The van der Waals surface area contributed by atoms with Crippen LogP contribution in [0.25, 0.3) is 21.9 Å². The minimum absolute atomic E-state index is 0.223. The monoisotopic (exact) mass is 765 g/mol. The standard InChI is InChI=1S/C45H45Cl2NO6/c1-26(2)38(42-34(22-28-14-10-8-11-15-28)40(49)32-20-18-30(46)24-36(32)52-42)48(44(51)54-45(5,6)7)39(27(3)4)43-35(23-29-16-12-9-13-17-29)41(50)33-21-19-31(47)25-37(33)53-43/h8-21,24-27,38-39H,22-23H2,1-7H3. The van der Waals surface area contributed by atoms with E-state index in [0.29, 0.717) is 54.6 Å². The molecule has 0 radical (unpaired) electrons. The van der Waals surface area contributed by atoms with Gasteiger partial charge in [0.15, 0.2) is 10.9 Å². The normalized spacial score (nSPS) is 13.1. The number of hydrogen-bond donors (Lipinski definition) is 0. The van der Waals surface area contributed by atoms with Gasteiger partial charge in [-0.25, -0.2) is 4.79 Å². The molecule has 7 nitrogen and oxygen atoms in total. The van der Waals surface area contributed by atoms with Crippen molar-refractivity contribution in [3.63, 3.8) is 0 Å². The maximum atomic E-state index is 15.0. The lowest BCUT2D eigenvalue weighted by Gasteiger charge is -2.42. The molecule has 0 saturated heterocycles. The summed E-state index contributed by atoms with van der Waals surface area (Å²) in [5.74, 6) is -0.0404. The summed E-state index contributed by atoms with van der Waals surface area (Å²) in [6, 6.07) is 27.5. The number of ether oxygens (including phenoxy) is 1. The van der Waals surface area contributed by atoms with Gasteiger partial charge in [-0.05, 0) is 68.0 Å². The molecule has 2 heterocycles. The van der Waals surface area contributed by atoms with Crippen LogP contribution in [0.5, 0.6) is 0 Å². The first-order valence-electron chi connectivity index (χ1n) is 18.2. The van der Waals surface area contributed by atoms with Crippen LogP contribution in [0, 0.1) is 11.8 Å². The van der Waals surface area contributed by atoms with Crippen LogP contribution in [-0.4, -0.2) is 16.6 Å². The molecule has 0 fully saturated rings. The van der Waals surface area contributed by atoms with Crippen LogP contribution in [0.2, 0.25) is 10.0 Å². The molecule has 0 N–H and O–H groups in total. The molecule has 280 valence electrons. The van der Waals surface area contributed by atoms with E-state index < -0.39 is 23.8 Å². The third-order valence-electron chi connectivity index (χ3n) is 9.41. The van der Waals surface area contributed by atoms with E-state index in [9.17, 15) is 14.4 Å². The van der Waals surface area contributed by atoms with Crippen molar-refractivity contribution in [2.24, 2.45) is 11.8 Å². The van der Waals surface area contributed by atoms with E-state index >= 15 is 0 Å². The van der Waals surface area contributed by atoms with Crippen LogP contribution in [0.3, 0.4) is 0 Å². The van der Waals surface area contributed by atoms with Crippen LogP contribution >= 0.6 is 23.2 Å². The summed E-state index contributed by atoms with van der Waals surface area (Å²) in [5.41, 5.74) is 1.86. The molecule has 4 aromatic carbocycles. The minimum atomic E-state index is -0.895. The molecule has 0 bridgehead atoms. The van der Waals surface area contributed by atoms with Gasteiger partial charge in [0, 0.05) is 46.1 Å². The summed E-state index contributed by atoms with van der Waals surface area (Å²) in [6.45, 7) is 13.3. The highest BCUT2D eigenvalue weighted by molar-refractivity contribution is 6.31. The third kappa shape index (κ3) is 8.28. The van der Waals surface area contributed by atoms with E-state index in [1.807, 2.05) is 88.4 Å². The summed E-state index contributed by atoms with van der Waals surface area (Å²) < 4.78 is 19.7. The largest absolute Gasteiger partial charge is 0.458 e. The number of carbonyl (C=O) groups is 1. The summed E-state index contributed by atoms with van der Waals surface area (Å²) in [4.78, 5) is 45.7. The highest BCUT2D eigenvalue weighted by Crippen LogP contribution is 2.44. The van der Waals surface area contributed by atoms with Gasteiger partial charge in [-0.3, -0.25) is 14.5 Å². The molecule has 0 aliphatic rings. The molecule has 0 aliphatic carbocycles. The molecule has 1 amide bonds. The van der Waals surface area contributed by atoms with Gasteiger partial charge in [0.2, 0.25) is 0 Å². The van der Waals surface area contributed by atoms with E-state index in [1.165, 1.54) is 0 Å². The molecule has 6 rings (SSSR count). The summed E-state index contributed by atoms with van der Waals surface area (Å²) >= 11 is 12.9. The molecule has 0 saturated carbocycles. The number of amides is 1. The topological polar surface area (TPSA) is 90.0 Å². The van der Waals surface area contributed by atoms with E-state index in [4.69, 9.17) is 36.8 Å². The molecule has 2 unspecified atom stereocenters. The Morgan fingerprint density at radius 1 is 0.648 bits per heavy atom. The average molecular weight is 767 g/mol. The highest BCUT2D eigenvalue weighted by Gasteiger charge is 2.44. The summed E-state index contributed by atoms with van der Waals surface area (Å²) in [7, 11) is 0. The minimum Gasteiger partial charge on any atom is -0.458 e. The van der Waals surface area contributed by atoms with E-state index in [-0.39, 0.29) is 35.5 Å². The van der Waals surface area contributed by atoms with Crippen molar-refractivity contribution in [2.75, 3.05) is 0 Å². The Morgan fingerprint density at radius 3 is 1.39 bits per heavy atom. The lowest BCUT2D eigenvalue weighted by Crippen LogP contribution is -2.46. The number of hydrogen-bond acceptors (Lipinski definition) is 6. The second-order valence-electron chi connectivity index (χ2n) is 15.4. The van der Waals surface area contributed by atoms with Gasteiger partial charge in [0.25, 0.3) is 0 Å². The second kappa shape index (κ2) is 15.9. The number of benzene rings is 4. The fraction of sp³-hybridized carbons (Fsp3) is 0.311. The zero-order valence-corrected chi connectivity index (χ0v) is 33.1. The second-order valence-corrected chi connectivity index (χ2v) is 16.3. The maximum Gasteiger partial charge on any atom is 0.411 e. The van der Waals surface area contributed by atoms with Crippen LogP contribution in [-0.2, 0) is 17.6 Å². The van der Waals surface area contributed by atoms with Crippen molar-refractivity contribution >= 4 is 51.2 Å². The Bertz CT molecular complexity index is 2260. The average Bonchev–Trinajstić information content (AvgIpc) is 3.10. The fourth-order valence-electron chi connectivity index (χ4n) is 7.07.